The molecule has 0 heterocycles. The quantitative estimate of drug-likeness (QED) is 0.650. The van der Waals surface area contributed by atoms with Crippen molar-refractivity contribution in [3.05, 3.63) is 23.8 Å². The monoisotopic (exact) mass is 262 g/mol. The molecule has 0 aliphatic carbocycles. The second-order valence-corrected chi connectivity index (χ2v) is 4.88. The SMILES string of the molecule is COc1cc(N)cc(C(=O)OCCC(C)(C)C#N)c1. The number of benzene rings is 1. The highest BCUT2D eigenvalue weighted by Gasteiger charge is 2.18. The molecule has 1 aromatic rings. The average Bonchev–Trinajstić information content (AvgIpc) is 2.37. The van der Waals surface area contributed by atoms with Gasteiger partial charge in [-0.2, -0.15) is 5.26 Å². The maximum Gasteiger partial charge on any atom is 0.338 e. The van der Waals surface area contributed by atoms with E-state index in [0.717, 1.165) is 0 Å². The Morgan fingerprint density at radius 3 is 2.68 bits per heavy atom. The van der Waals surface area contributed by atoms with Crippen LogP contribution >= 0.6 is 0 Å². The fourth-order valence-corrected chi connectivity index (χ4v) is 1.40. The van der Waals surface area contributed by atoms with Crippen molar-refractivity contribution < 1.29 is 14.3 Å². The number of anilines is 1. The molecular formula is C14H18N2O3. The lowest BCUT2D eigenvalue weighted by Gasteiger charge is -2.14. The number of ether oxygens (including phenoxy) is 2. The van der Waals surface area contributed by atoms with Crippen LogP contribution in [-0.2, 0) is 4.74 Å². The number of methoxy groups -OCH3 is 1. The van der Waals surface area contributed by atoms with Gasteiger partial charge in [0.2, 0.25) is 0 Å². The lowest BCUT2D eigenvalue weighted by Crippen LogP contribution is -2.15. The third-order valence-electron chi connectivity index (χ3n) is 2.66. The highest BCUT2D eigenvalue weighted by atomic mass is 16.5. The molecule has 0 fully saturated rings. The molecule has 19 heavy (non-hydrogen) atoms. The van der Waals surface area contributed by atoms with Gasteiger partial charge in [0.05, 0.1) is 30.8 Å². The van der Waals surface area contributed by atoms with Crippen molar-refractivity contribution in [1.82, 2.24) is 0 Å². The van der Waals surface area contributed by atoms with Crippen molar-refractivity contribution in [2.45, 2.75) is 20.3 Å². The van der Waals surface area contributed by atoms with Crippen LogP contribution in [0.3, 0.4) is 0 Å². The molecule has 0 bridgehead atoms. The van der Waals surface area contributed by atoms with Crippen LogP contribution < -0.4 is 10.5 Å². The number of esters is 1. The molecule has 0 spiro atoms. The molecule has 5 heteroatoms. The first-order chi connectivity index (χ1) is 8.88. The summed E-state index contributed by atoms with van der Waals surface area (Å²) in [5.41, 5.74) is 5.93. The van der Waals surface area contributed by atoms with Crippen molar-refractivity contribution in [3.63, 3.8) is 0 Å². The Kier molecular flexibility index (Phi) is 4.76. The molecule has 0 aliphatic rings. The van der Waals surface area contributed by atoms with Crippen molar-refractivity contribution in [2.24, 2.45) is 5.41 Å². The molecular weight excluding hydrogens is 244 g/mol. The van der Waals surface area contributed by atoms with Gasteiger partial charge in [-0.1, -0.05) is 0 Å². The number of rotatable bonds is 5. The second-order valence-electron chi connectivity index (χ2n) is 4.88. The summed E-state index contributed by atoms with van der Waals surface area (Å²) in [6, 6.07) is 6.86. The van der Waals surface area contributed by atoms with Gasteiger partial charge in [0.25, 0.3) is 0 Å². The number of nitriles is 1. The van der Waals surface area contributed by atoms with Crippen molar-refractivity contribution in [3.8, 4) is 11.8 Å². The molecule has 0 aromatic heterocycles. The minimum atomic E-state index is -0.506. The van der Waals surface area contributed by atoms with Crippen LogP contribution in [0.2, 0.25) is 0 Å². The molecule has 0 unspecified atom stereocenters. The maximum absolute atomic E-state index is 11.8. The van der Waals surface area contributed by atoms with Gasteiger partial charge in [-0.25, -0.2) is 4.79 Å². The standard InChI is InChI=1S/C14H18N2O3/c1-14(2,9-15)4-5-19-13(17)10-6-11(16)8-12(7-10)18-3/h6-8H,4-5,16H2,1-3H3. The summed E-state index contributed by atoms with van der Waals surface area (Å²) < 4.78 is 10.2. The number of nitrogen functional groups attached to an aromatic ring is 1. The predicted molar refractivity (Wildman–Crippen MR) is 71.7 cm³/mol. The number of nitrogens with two attached hydrogens (primary N) is 1. The lowest BCUT2D eigenvalue weighted by atomic mass is 9.92. The number of carbonyl (C=O) groups excluding carboxylic acids is 1. The van der Waals surface area contributed by atoms with Crippen LogP contribution in [0.4, 0.5) is 5.69 Å². The van der Waals surface area contributed by atoms with E-state index in [-0.39, 0.29) is 6.61 Å². The van der Waals surface area contributed by atoms with E-state index in [1.807, 2.05) is 0 Å². The number of hydrogen-bond acceptors (Lipinski definition) is 5. The Morgan fingerprint density at radius 1 is 1.42 bits per heavy atom. The van der Waals surface area contributed by atoms with Crippen LogP contribution in [0.1, 0.15) is 30.6 Å². The summed E-state index contributed by atoms with van der Waals surface area (Å²) >= 11 is 0. The van der Waals surface area contributed by atoms with Gasteiger partial charge in [0, 0.05) is 11.8 Å². The first kappa shape index (κ1) is 14.8. The Bertz CT molecular complexity index is 504. The maximum atomic E-state index is 11.8. The largest absolute Gasteiger partial charge is 0.497 e. The highest BCUT2D eigenvalue weighted by Crippen LogP contribution is 2.21. The van der Waals surface area contributed by atoms with E-state index in [4.69, 9.17) is 20.5 Å². The van der Waals surface area contributed by atoms with Gasteiger partial charge in [-0.3, -0.25) is 0 Å². The van der Waals surface area contributed by atoms with E-state index in [2.05, 4.69) is 6.07 Å². The topological polar surface area (TPSA) is 85.3 Å². The first-order valence-corrected chi connectivity index (χ1v) is 5.91. The van der Waals surface area contributed by atoms with E-state index in [0.29, 0.717) is 23.4 Å². The summed E-state index contributed by atoms with van der Waals surface area (Å²) in [5, 5.41) is 8.86. The van der Waals surface area contributed by atoms with Crippen LogP contribution in [0, 0.1) is 16.7 Å². The molecule has 0 aliphatic heterocycles. The Labute approximate surface area is 112 Å². The third-order valence-corrected chi connectivity index (χ3v) is 2.66. The van der Waals surface area contributed by atoms with Gasteiger partial charge in [0.15, 0.2) is 0 Å². The average molecular weight is 262 g/mol. The molecule has 0 amide bonds. The van der Waals surface area contributed by atoms with Crippen LogP contribution in [-0.4, -0.2) is 19.7 Å². The minimum absolute atomic E-state index is 0.191. The Hall–Kier alpha value is -2.22. The van der Waals surface area contributed by atoms with Crippen LogP contribution in [0.5, 0.6) is 5.75 Å². The number of nitrogens with zero attached hydrogens (tertiary/aromatic N) is 1. The van der Waals surface area contributed by atoms with Gasteiger partial charge in [0.1, 0.15) is 5.75 Å². The molecule has 102 valence electrons. The molecule has 0 atom stereocenters. The number of carbonyl (C=O) groups is 1. The predicted octanol–water partition coefficient (Wildman–Crippen LogP) is 2.37. The first-order valence-electron chi connectivity index (χ1n) is 5.91. The van der Waals surface area contributed by atoms with Crippen molar-refractivity contribution in [2.75, 3.05) is 19.5 Å². The van der Waals surface area contributed by atoms with Gasteiger partial charge in [-0.05, 0) is 32.4 Å². The molecule has 5 nitrogen and oxygen atoms in total. The molecule has 0 saturated carbocycles. The molecule has 2 N–H and O–H groups in total. The third kappa shape index (κ3) is 4.51. The summed E-state index contributed by atoms with van der Waals surface area (Å²) in [6.07, 6.45) is 0.481. The normalized spacial score (nSPS) is 10.6. The van der Waals surface area contributed by atoms with Crippen molar-refractivity contribution >= 4 is 11.7 Å². The summed E-state index contributed by atoms with van der Waals surface area (Å²) in [5.74, 6) is 0.0312. The van der Waals surface area contributed by atoms with Crippen molar-refractivity contribution in [1.29, 1.82) is 5.26 Å². The van der Waals surface area contributed by atoms with Crippen LogP contribution in [0.15, 0.2) is 18.2 Å². The Balaban J connectivity index is 2.64. The van der Waals surface area contributed by atoms with E-state index in [1.165, 1.54) is 13.2 Å². The fourth-order valence-electron chi connectivity index (χ4n) is 1.40. The smallest absolute Gasteiger partial charge is 0.338 e. The number of hydrogen-bond donors (Lipinski definition) is 1. The zero-order valence-corrected chi connectivity index (χ0v) is 11.4. The van der Waals surface area contributed by atoms with Gasteiger partial charge in [-0.15, -0.1) is 0 Å². The van der Waals surface area contributed by atoms with E-state index in [9.17, 15) is 4.79 Å². The van der Waals surface area contributed by atoms with E-state index >= 15 is 0 Å². The zero-order chi connectivity index (χ0) is 14.5. The molecule has 0 radical (unpaired) electrons. The van der Waals surface area contributed by atoms with E-state index in [1.54, 1.807) is 26.0 Å². The van der Waals surface area contributed by atoms with Crippen LogP contribution in [0.25, 0.3) is 0 Å². The lowest BCUT2D eigenvalue weighted by molar-refractivity contribution is 0.0474. The summed E-state index contributed by atoms with van der Waals surface area (Å²) in [7, 11) is 1.50. The second kappa shape index (κ2) is 6.10. The van der Waals surface area contributed by atoms with Gasteiger partial charge < -0.3 is 15.2 Å². The zero-order valence-electron chi connectivity index (χ0n) is 11.4. The fraction of sp³-hybridized carbons (Fsp3) is 0.429. The summed E-state index contributed by atoms with van der Waals surface area (Å²) in [4.78, 5) is 11.8. The highest BCUT2D eigenvalue weighted by molar-refractivity contribution is 5.91. The summed E-state index contributed by atoms with van der Waals surface area (Å²) in [6.45, 7) is 3.78. The Morgan fingerprint density at radius 2 is 2.11 bits per heavy atom. The molecule has 1 rings (SSSR count). The van der Waals surface area contributed by atoms with E-state index < -0.39 is 11.4 Å². The molecule has 0 saturated heterocycles. The molecule has 1 aromatic carbocycles. The van der Waals surface area contributed by atoms with Gasteiger partial charge >= 0.3 is 5.97 Å². The minimum Gasteiger partial charge on any atom is -0.497 e.